The molecule has 0 aromatic heterocycles. The Morgan fingerprint density at radius 1 is 1.44 bits per heavy atom. The number of carbonyl (C=O) groups is 1. The number of hydrogen-bond donors (Lipinski definition) is 2. The fraction of sp³-hybridized carbons (Fsp3) is 0.917. The van der Waals surface area contributed by atoms with E-state index in [0.29, 0.717) is 11.3 Å². The molecule has 1 amide bonds. The van der Waals surface area contributed by atoms with E-state index < -0.39 is 0 Å². The highest BCUT2D eigenvalue weighted by atomic mass is 32.2. The van der Waals surface area contributed by atoms with Crippen molar-refractivity contribution < 1.29 is 4.79 Å². The van der Waals surface area contributed by atoms with Crippen LogP contribution >= 0.6 is 11.8 Å². The van der Waals surface area contributed by atoms with E-state index in [-0.39, 0.29) is 11.4 Å². The summed E-state index contributed by atoms with van der Waals surface area (Å²) in [7, 11) is 0. The first kappa shape index (κ1) is 12.2. The SMILES string of the molecule is CSC1CCCC1NC(=O)C1(C)CCCN1. The van der Waals surface area contributed by atoms with Gasteiger partial charge in [-0.25, -0.2) is 0 Å². The zero-order chi connectivity index (χ0) is 11.6. The largest absolute Gasteiger partial charge is 0.351 e. The summed E-state index contributed by atoms with van der Waals surface area (Å²) in [5.41, 5.74) is -0.314. The van der Waals surface area contributed by atoms with E-state index >= 15 is 0 Å². The molecule has 1 saturated carbocycles. The molecular weight excluding hydrogens is 220 g/mol. The molecule has 92 valence electrons. The normalized spacial score (nSPS) is 38.9. The third kappa shape index (κ3) is 2.38. The van der Waals surface area contributed by atoms with Crippen molar-refractivity contribution in [2.75, 3.05) is 12.8 Å². The average Bonchev–Trinajstić information content (AvgIpc) is 2.87. The predicted octanol–water partition coefficient (Wildman–Crippen LogP) is 1.53. The fourth-order valence-electron chi connectivity index (χ4n) is 2.79. The molecule has 1 saturated heterocycles. The molecule has 1 heterocycles. The van der Waals surface area contributed by atoms with Gasteiger partial charge in [0.2, 0.25) is 5.91 Å². The highest BCUT2D eigenvalue weighted by Gasteiger charge is 2.38. The van der Waals surface area contributed by atoms with Crippen molar-refractivity contribution in [3.63, 3.8) is 0 Å². The van der Waals surface area contributed by atoms with Gasteiger partial charge >= 0.3 is 0 Å². The van der Waals surface area contributed by atoms with Crippen molar-refractivity contribution in [2.45, 2.75) is 55.9 Å². The summed E-state index contributed by atoms with van der Waals surface area (Å²) in [4.78, 5) is 12.2. The standard InChI is InChI=1S/C12H22N2OS/c1-12(7-4-8-13-12)11(15)14-9-5-3-6-10(9)16-2/h9-10,13H,3-8H2,1-2H3,(H,14,15). The van der Waals surface area contributed by atoms with Gasteiger partial charge in [0, 0.05) is 11.3 Å². The maximum Gasteiger partial charge on any atom is 0.240 e. The Balaban J connectivity index is 1.91. The minimum atomic E-state index is -0.314. The summed E-state index contributed by atoms with van der Waals surface area (Å²) in [5.74, 6) is 0.205. The van der Waals surface area contributed by atoms with Crippen LogP contribution in [0.4, 0.5) is 0 Å². The monoisotopic (exact) mass is 242 g/mol. The first-order chi connectivity index (χ1) is 7.65. The maximum atomic E-state index is 12.2. The lowest BCUT2D eigenvalue weighted by molar-refractivity contribution is -0.127. The van der Waals surface area contributed by atoms with E-state index in [2.05, 4.69) is 16.9 Å². The van der Waals surface area contributed by atoms with Gasteiger partial charge in [-0.1, -0.05) is 6.42 Å². The van der Waals surface area contributed by atoms with Gasteiger partial charge < -0.3 is 10.6 Å². The highest BCUT2D eigenvalue weighted by molar-refractivity contribution is 7.99. The van der Waals surface area contributed by atoms with Crippen molar-refractivity contribution in [3.05, 3.63) is 0 Å². The second kappa shape index (κ2) is 4.96. The van der Waals surface area contributed by atoms with E-state index in [9.17, 15) is 4.79 Å². The van der Waals surface area contributed by atoms with E-state index in [1.807, 2.05) is 18.7 Å². The van der Waals surface area contributed by atoms with Crippen molar-refractivity contribution in [2.24, 2.45) is 0 Å². The van der Waals surface area contributed by atoms with Crippen LogP contribution in [0.15, 0.2) is 0 Å². The lowest BCUT2D eigenvalue weighted by atomic mass is 9.98. The van der Waals surface area contributed by atoms with Gasteiger partial charge in [-0.3, -0.25) is 4.79 Å². The van der Waals surface area contributed by atoms with Crippen molar-refractivity contribution in [1.29, 1.82) is 0 Å². The zero-order valence-corrected chi connectivity index (χ0v) is 11.0. The summed E-state index contributed by atoms with van der Waals surface area (Å²) in [5, 5.41) is 7.18. The van der Waals surface area contributed by atoms with Crippen LogP contribution in [0.1, 0.15) is 39.0 Å². The highest BCUT2D eigenvalue weighted by Crippen LogP contribution is 2.29. The first-order valence-electron chi connectivity index (χ1n) is 6.24. The summed E-state index contributed by atoms with van der Waals surface area (Å²) in [6, 6.07) is 0.390. The smallest absolute Gasteiger partial charge is 0.240 e. The van der Waals surface area contributed by atoms with Gasteiger partial charge in [0.05, 0.1) is 5.54 Å². The van der Waals surface area contributed by atoms with Gasteiger partial charge in [-0.2, -0.15) is 11.8 Å². The predicted molar refractivity (Wildman–Crippen MR) is 68.7 cm³/mol. The molecule has 16 heavy (non-hydrogen) atoms. The Morgan fingerprint density at radius 3 is 2.88 bits per heavy atom. The molecular formula is C12H22N2OS. The van der Waals surface area contributed by atoms with Gasteiger partial charge in [0.25, 0.3) is 0 Å². The van der Waals surface area contributed by atoms with Crippen molar-refractivity contribution in [3.8, 4) is 0 Å². The summed E-state index contributed by atoms with van der Waals surface area (Å²) >= 11 is 1.89. The average molecular weight is 242 g/mol. The molecule has 0 aromatic rings. The van der Waals surface area contributed by atoms with Crippen LogP contribution in [0.5, 0.6) is 0 Å². The number of nitrogens with one attached hydrogen (secondary N) is 2. The second-order valence-corrected chi connectivity index (χ2v) is 6.22. The number of hydrogen-bond acceptors (Lipinski definition) is 3. The quantitative estimate of drug-likeness (QED) is 0.788. The van der Waals surface area contributed by atoms with Crippen LogP contribution in [-0.4, -0.2) is 35.5 Å². The summed E-state index contributed by atoms with van der Waals surface area (Å²) in [6.45, 7) is 3.00. The molecule has 2 aliphatic rings. The van der Waals surface area contributed by atoms with E-state index in [1.165, 1.54) is 12.8 Å². The third-order valence-electron chi connectivity index (χ3n) is 3.94. The van der Waals surface area contributed by atoms with Crippen LogP contribution < -0.4 is 10.6 Å². The van der Waals surface area contributed by atoms with Gasteiger partial charge in [-0.15, -0.1) is 0 Å². The molecule has 0 spiro atoms. The zero-order valence-electron chi connectivity index (χ0n) is 10.2. The second-order valence-electron chi connectivity index (χ2n) is 5.15. The minimum absolute atomic E-state index is 0.205. The molecule has 0 radical (unpaired) electrons. The van der Waals surface area contributed by atoms with Crippen molar-refractivity contribution >= 4 is 17.7 Å². The lowest BCUT2D eigenvalue weighted by Gasteiger charge is -2.27. The topological polar surface area (TPSA) is 41.1 Å². The van der Waals surface area contributed by atoms with E-state index in [0.717, 1.165) is 25.8 Å². The molecule has 2 rings (SSSR count). The van der Waals surface area contributed by atoms with Gasteiger partial charge in [0.15, 0.2) is 0 Å². The Bertz CT molecular complexity index is 264. The Morgan fingerprint density at radius 2 is 2.25 bits per heavy atom. The van der Waals surface area contributed by atoms with Gasteiger partial charge in [0.1, 0.15) is 0 Å². The van der Waals surface area contributed by atoms with Crippen molar-refractivity contribution in [1.82, 2.24) is 10.6 Å². The van der Waals surface area contributed by atoms with Crippen LogP contribution in [0.2, 0.25) is 0 Å². The molecule has 2 fully saturated rings. The molecule has 0 aromatic carbocycles. The number of amides is 1. The Hall–Kier alpha value is -0.220. The fourth-order valence-corrected chi connectivity index (χ4v) is 3.72. The lowest BCUT2D eigenvalue weighted by Crippen LogP contribution is -2.54. The van der Waals surface area contributed by atoms with Crippen LogP contribution in [0.3, 0.4) is 0 Å². The molecule has 3 unspecified atom stereocenters. The number of carbonyl (C=O) groups excluding carboxylic acids is 1. The molecule has 1 aliphatic heterocycles. The molecule has 0 bridgehead atoms. The summed E-state index contributed by atoms with van der Waals surface area (Å²) in [6.07, 6.45) is 7.87. The van der Waals surface area contributed by atoms with Crippen LogP contribution in [-0.2, 0) is 4.79 Å². The number of rotatable bonds is 3. The van der Waals surface area contributed by atoms with Gasteiger partial charge in [-0.05, 0) is 45.4 Å². The Labute approximate surface area is 102 Å². The molecule has 1 aliphatic carbocycles. The summed E-state index contributed by atoms with van der Waals surface area (Å²) < 4.78 is 0. The van der Waals surface area contributed by atoms with E-state index in [4.69, 9.17) is 0 Å². The van der Waals surface area contributed by atoms with Crippen LogP contribution in [0, 0.1) is 0 Å². The minimum Gasteiger partial charge on any atom is -0.351 e. The van der Waals surface area contributed by atoms with Crippen LogP contribution in [0.25, 0.3) is 0 Å². The molecule has 2 N–H and O–H groups in total. The molecule has 3 atom stereocenters. The number of thioether (sulfide) groups is 1. The van der Waals surface area contributed by atoms with E-state index in [1.54, 1.807) is 0 Å². The third-order valence-corrected chi connectivity index (χ3v) is 5.11. The molecule has 4 heteroatoms. The first-order valence-corrected chi connectivity index (χ1v) is 7.53. The maximum absolute atomic E-state index is 12.2. The Kier molecular flexibility index (Phi) is 3.80. The molecule has 3 nitrogen and oxygen atoms in total.